The SMILES string of the molecule is COc1ccc(CC2S/C(=N/N=C/c3ccccc3OCc3ccccc3)NC2=O)cc1. The van der Waals surface area contributed by atoms with Gasteiger partial charge in [-0.1, -0.05) is 66.4 Å². The third-order valence-electron chi connectivity index (χ3n) is 4.86. The first-order chi connectivity index (χ1) is 15.7. The quantitative estimate of drug-likeness (QED) is 0.411. The van der Waals surface area contributed by atoms with Gasteiger partial charge in [0.15, 0.2) is 5.17 Å². The van der Waals surface area contributed by atoms with Crippen molar-refractivity contribution in [3.8, 4) is 11.5 Å². The number of benzene rings is 3. The minimum atomic E-state index is -0.237. The Hall–Kier alpha value is -3.58. The molecule has 3 aromatic carbocycles. The molecule has 1 saturated heterocycles. The summed E-state index contributed by atoms with van der Waals surface area (Å²) in [6, 6.07) is 25.3. The molecule has 0 aliphatic carbocycles. The van der Waals surface area contributed by atoms with E-state index in [9.17, 15) is 4.79 Å². The molecule has 1 unspecified atom stereocenters. The number of carbonyl (C=O) groups is 1. The van der Waals surface area contributed by atoms with Gasteiger partial charge in [-0.2, -0.15) is 5.10 Å². The highest BCUT2D eigenvalue weighted by Gasteiger charge is 2.30. The summed E-state index contributed by atoms with van der Waals surface area (Å²) in [6.07, 6.45) is 2.25. The Labute approximate surface area is 191 Å². The van der Waals surface area contributed by atoms with Crippen molar-refractivity contribution in [1.29, 1.82) is 0 Å². The van der Waals surface area contributed by atoms with Gasteiger partial charge < -0.3 is 14.8 Å². The molecule has 1 amide bonds. The van der Waals surface area contributed by atoms with E-state index in [1.807, 2.05) is 78.9 Å². The predicted molar refractivity (Wildman–Crippen MR) is 128 cm³/mol. The van der Waals surface area contributed by atoms with Gasteiger partial charge in [0.1, 0.15) is 18.1 Å². The number of amides is 1. The van der Waals surface area contributed by atoms with Crippen LogP contribution in [-0.2, 0) is 17.8 Å². The van der Waals surface area contributed by atoms with Crippen molar-refractivity contribution in [1.82, 2.24) is 5.32 Å². The highest BCUT2D eigenvalue weighted by molar-refractivity contribution is 8.15. The zero-order chi connectivity index (χ0) is 22.2. The van der Waals surface area contributed by atoms with Gasteiger partial charge in [-0.3, -0.25) is 4.79 Å². The number of thioether (sulfide) groups is 1. The van der Waals surface area contributed by atoms with Crippen LogP contribution in [0, 0.1) is 0 Å². The Morgan fingerprint density at radius 1 is 0.969 bits per heavy atom. The summed E-state index contributed by atoms with van der Waals surface area (Å²) >= 11 is 1.38. The molecule has 162 valence electrons. The zero-order valence-corrected chi connectivity index (χ0v) is 18.4. The summed E-state index contributed by atoms with van der Waals surface area (Å²) in [5, 5.41) is 11.4. The molecule has 4 rings (SSSR count). The lowest BCUT2D eigenvalue weighted by Gasteiger charge is -2.08. The van der Waals surface area contributed by atoms with E-state index in [0.717, 1.165) is 28.2 Å². The van der Waals surface area contributed by atoms with Crippen molar-refractivity contribution in [2.24, 2.45) is 10.2 Å². The second-order valence-electron chi connectivity index (χ2n) is 7.11. The van der Waals surface area contributed by atoms with E-state index in [-0.39, 0.29) is 11.2 Å². The van der Waals surface area contributed by atoms with E-state index in [4.69, 9.17) is 9.47 Å². The summed E-state index contributed by atoms with van der Waals surface area (Å²) in [5.74, 6) is 1.45. The monoisotopic (exact) mass is 445 g/mol. The Bertz CT molecular complexity index is 1110. The molecule has 0 spiro atoms. The molecular formula is C25H23N3O3S. The standard InChI is InChI=1S/C25H23N3O3S/c1-30-21-13-11-18(12-14-21)15-23-24(29)27-25(32-23)28-26-16-20-9-5-6-10-22(20)31-17-19-7-3-2-4-8-19/h2-14,16,23H,15,17H2,1H3,(H,27,28,29)/b26-16+. The fourth-order valence-electron chi connectivity index (χ4n) is 3.16. The Kier molecular flexibility index (Phi) is 7.19. The largest absolute Gasteiger partial charge is 0.497 e. The van der Waals surface area contributed by atoms with Crippen LogP contribution in [0.15, 0.2) is 89.1 Å². The van der Waals surface area contributed by atoms with Crippen molar-refractivity contribution in [2.45, 2.75) is 18.3 Å². The Balaban J connectivity index is 1.37. The molecule has 7 heteroatoms. The molecule has 0 aromatic heterocycles. The number of hydrogen-bond donors (Lipinski definition) is 1. The summed E-state index contributed by atoms with van der Waals surface area (Å²) < 4.78 is 11.1. The van der Waals surface area contributed by atoms with Crippen LogP contribution in [0.4, 0.5) is 0 Å². The normalized spacial score (nSPS) is 17.0. The fourth-order valence-corrected chi connectivity index (χ4v) is 4.12. The second-order valence-corrected chi connectivity index (χ2v) is 8.30. The van der Waals surface area contributed by atoms with Gasteiger partial charge in [0.25, 0.3) is 0 Å². The zero-order valence-electron chi connectivity index (χ0n) is 17.6. The lowest BCUT2D eigenvalue weighted by atomic mass is 10.1. The predicted octanol–water partition coefficient (Wildman–Crippen LogP) is 4.44. The minimum absolute atomic E-state index is 0.0636. The van der Waals surface area contributed by atoms with Gasteiger partial charge in [-0.05, 0) is 41.8 Å². The van der Waals surface area contributed by atoms with Crippen molar-refractivity contribution in [3.63, 3.8) is 0 Å². The number of carbonyl (C=O) groups excluding carboxylic acids is 1. The maximum atomic E-state index is 12.3. The molecular weight excluding hydrogens is 422 g/mol. The molecule has 0 radical (unpaired) electrons. The van der Waals surface area contributed by atoms with E-state index >= 15 is 0 Å². The van der Waals surface area contributed by atoms with Crippen molar-refractivity contribution in [2.75, 3.05) is 7.11 Å². The lowest BCUT2D eigenvalue weighted by Crippen LogP contribution is -2.25. The van der Waals surface area contributed by atoms with Gasteiger partial charge in [0, 0.05) is 5.56 Å². The molecule has 1 heterocycles. The Morgan fingerprint density at radius 2 is 1.72 bits per heavy atom. The number of para-hydroxylation sites is 1. The first-order valence-electron chi connectivity index (χ1n) is 10.2. The van der Waals surface area contributed by atoms with Crippen LogP contribution >= 0.6 is 11.8 Å². The highest BCUT2D eigenvalue weighted by atomic mass is 32.2. The van der Waals surface area contributed by atoms with E-state index in [1.165, 1.54) is 11.8 Å². The van der Waals surface area contributed by atoms with Gasteiger partial charge in [0.2, 0.25) is 5.91 Å². The van der Waals surface area contributed by atoms with Crippen LogP contribution in [0.3, 0.4) is 0 Å². The van der Waals surface area contributed by atoms with E-state index < -0.39 is 0 Å². The smallest absolute Gasteiger partial charge is 0.239 e. The average Bonchev–Trinajstić information content (AvgIpc) is 3.18. The summed E-state index contributed by atoms with van der Waals surface area (Å²) in [7, 11) is 1.63. The number of nitrogens with zero attached hydrogens (tertiary/aromatic N) is 2. The number of hydrogen-bond acceptors (Lipinski definition) is 6. The number of methoxy groups -OCH3 is 1. The molecule has 1 fully saturated rings. The first-order valence-corrected chi connectivity index (χ1v) is 11.1. The van der Waals surface area contributed by atoms with Gasteiger partial charge in [-0.25, -0.2) is 0 Å². The molecule has 1 aliphatic rings. The summed E-state index contributed by atoms with van der Waals surface area (Å²) in [4.78, 5) is 12.3. The molecule has 32 heavy (non-hydrogen) atoms. The molecule has 0 saturated carbocycles. The molecule has 0 bridgehead atoms. The van der Waals surface area contributed by atoms with Crippen molar-refractivity contribution >= 4 is 29.1 Å². The number of ether oxygens (including phenoxy) is 2. The van der Waals surface area contributed by atoms with Crippen molar-refractivity contribution < 1.29 is 14.3 Å². The van der Waals surface area contributed by atoms with Crippen LogP contribution in [0.5, 0.6) is 11.5 Å². The maximum Gasteiger partial charge on any atom is 0.239 e. The summed E-state index contributed by atoms with van der Waals surface area (Å²) in [6.45, 7) is 0.471. The molecule has 3 aromatic rings. The molecule has 6 nitrogen and oxygen atoms in total. The van der Waals surface area contributed by atoms with Gasteiger partial charge >= 0.3 is 0 Å². The minimum Gasteiger partial charge on any atom is -0.497 e. The first kappa shape index (κ1) is 21.6. The topological polar surface area (TPSA) is 72.3 Å². The van der Waals surface area contributed by atoms with E-state index in [1.54, 1.807) is 13.3 Å². The fraction of sp³-hybridized carbons (Fsp3) is 0.160. The van der Waals surface area contributed by atoms with Gasteiger partial charge in [0.05, 0.1) is 18.6 Å². The molecule has 1 aliphatic heterocycles. The van der Waals surface area contributed by atoms with Gasteiger partial charge in [-0.15, -0.1) is 5.10 Å². The van der Waals surface area contributed by atoms with E-state index in [2.05, 4.69) is 15.5 Å². The average molecular weight is 446 g/mol. The van der Waals surface area contributed by atoms with Crippen LogP contribution in [-0.4, -0.2) is 29.6 Å². The number of amidine groups is 1. The number of rotatable bonds is 8. The second kappa shape index (κ2) is 10.6. The Morgan fingerprint density at radius 3 is 2.50 bits per heavy atom. The maximum absolute atomic E-state index is 12.3. The lowest BCUT2D eigenvalue weighted by molar-refractivity contribution is -0.118. The molecule has 1 N–H and O–H groups in total. The third-order valence-corrected chi connectivity index (χ3v) is 5.93. The van der Waals surface area contributed by atoms with Crippen LogP contribution in [0.2, 0.25) is 0 Å². The van der Waals surface area contributed by atoms with E-state index in [0.29, 0.717) is 18.2 Å². The highest BCUT2D eigenvalue weighted by Crippen LogP contribution is 2.24. The van der Waals surface area contributed by atoms with Crippen molar-refractivity contribution in [3.05, 3.63) is 95.6 Å². The van der Waals surface area contributed by atoms with Crippen LogP contribution in [0.1, 0.15) is 16.7 Å². The van der Waals surface area contributed by atoms with Crippen LogP contribution < -0.4 is 14.8 Å². The van der Waals surface area contributed by atoms with Crippen LogP contribution in [0.25, 0.3) is 0 Å². The summed E-state index contributed by atoms with van der Waals surface area (Å²) in [5.41, 5.74) is 2.97. The third kappa shape index (κ3) is 5.76. The molecule has 1 atom stereocenters. The number of nitrogens with one attached hydrogen (secondary N) is 1.